The highest BCUT2D eigenvalue weighted by Crippen LogP contribution is 2.44. The van der Waals surface area contributed by atoms with Crippen molar-refractivity contribution in [2.24, 2.45) is 0 Å². The first-order chi connectivity index (χ1) is 23.7. The van der Waals surface area contributed by atoms with Gasteiger partial charge in [-0.3, -0.25) is 0 Å². The molecule has 0 saturated heterocycles. The van der Waals surface area contributed by atoms with Crippen molar-refractivity contribution in [3.05, 3.63) is 90.5 Å². The van der Waals surface area contributed by atoms with Crippen LogP contribution in [0.3, 0.4) is 0 Å². The zero-order chi connectivity index (χ0) is 38.0. The molecular weight excluding hydrogens is 673 g/mol. The molecule has 0 saturated carbocycles. The van der Waals surface area contributed by atoms with Crippen LogP contribution in [0.5, 0.6) is 11.5 Å². The van der Waals surface area contributed by atoms with E-state index in [-0.39, 0.29) is 15.1 Å². The molecule has 0 aliphatic carbocycles. The van der Waals surface area contributed by atoms with Crippen LogP contribution in [-0.2, 0) is 4.43 Å². The molecule has 0 amide bonds. The molecule has 51 heavy (non-hydrogen) atoms. The summed E-state index contributed by atoms with van der Waals surface area (Å²) in [6, 6.07) is 28.1. The molecule has 0 N–H and O–H groups in total. The van der Waals surface area contributed by atoms with Gasteiger partial charge in [0, 0.05) is 6.42 Å². The number of unbranched alkanes of at least 4 members (excludes halogenated alkanes) is 5. The van der Waals surface area contributed by atoms with Crippen molar-refractivity contribution in [2.75, 3.05) is 6.61 Å². The van der Waals surface area contributed by atoms with Gasteiger partial charge in [-0.25, -0.2) is 0 Å². The molecule has 6 heteroatoms. The lowest BCUT2D eigenvalue weighted by Gasteiger charge is -2.42. The van der Waals surface area contributed by atoms with Gasteiger partial charge < -0.3 is 13.3 Å². The van der Waals surface area contributed by atoms with E-state index in [1.807, 2.05) is 0 Å². The number of hydrogen-bond donors (Lipinski definition) is 0. The third-order valence-electron chi connectivity index (χ3n) is 10.9. The topological polar surface area (TPSA) is 27.7 Å². The molecule has 0 aliphatic rings. The van der Waals surface area contributed by atoms with Crippen LogP contribution in [-0.4, -0.2) is 31.6 Å². The first-order valence-electron chi connectivity index (χ1n) is 19.1. The van der Waals surface area contributed by atoms with Crippen LogP contribution in [0.1, 0.15) is 106 Å². The Morgan fingerprint density at radius 1 is 0.569 bits per heavy atom. The van der Waals surface area contributed by atoms with Gasteiger partial charge >= 0.3 is 0 Å². The van der Waals surface area contributed by atoms with Gasteiger partial charge in [0.1, 0.15) is 11.5 Å². The SMILES string of the molecule is CC(C)(C)[Si](C)(C)Oc1ccc(/C=C\CCCCCCC#CCO[Si](c2ccccc2)(c2ccccc2)C(C)(C)C)cc1O[Si](C)(C)C(C)(C)C. The van der Waals surface area contributed by atoms with Crippen molar-refractivity contribution in [1.82, 2.24) is 0 Å². The lowest BCUT2D eigenvalue weighted by atomic mass is 10.1. The normalized spacial score (nSPS) is 13.2. The second kappa shape index (κ2) is 17.8. The van der Waals surface area contributed by atoms with Crippen LogP contribution < -0.4 is 19.2 Å². The fourth-order valence-electron chi connectivity index (χ4n) is 5.74. The van der Waals surface area contributed by atoms with E-state index < -0.39 is 25.0 Å². The first-order valence-corrected chi connectivity index (χ1v) is 26.8. The molecule has 3 aromatic rings. The Hall–Kier alpha value is -2.83. The summed E-state index contributed by atoms with van der Waals surface area (Å²) < 4.78 is 20.6. The highest BCUT2D eigenvalue weighted by atomic mass is 28.4. The summed E-state index contributed by atoms with van der Waals surface area (Å²) >= 11 is 0. The van der Waals surface area contributed by atoms with Crippen molar-refractivity contribution in [3.8, 4) is 23.3 Å². The maximum Gasteiger partial charge on any atom is 0.262 e. The highest BCUT2D eigenvalue weighted by Gasteiger charge is 2.50. The zero-order valence-electron chi connectivity index (χ0n) is 34.3. The van der Waals surface area contributed by atoms with Crippen LogP contribution in [0, 0.1) is 11.8 Å². The Labute approximate surface area is 316 Å². The summed E-state index contributed by atoms with van der Waals surface area (Å²) in [5, 5.41) is 2.79. The van der Waals surface area contributed by atoms with Crippen LogP contribution in [0.4, 0.5) is 0 Å². The summed E-state index contributed by atoms with van der Waals surface area (Å²) in [6.45, 7) is 30.3. The molecule has 278 valence electrons. The van der Waals surface area contributed by atoms with Gasteiger partial charge in [-0.2, -0.15) is 0 Å². The molecule has 3 nitrogen and oxygen atoms in total. The summed E-state index contributed by atoms with van der Waals surface area (Å²) in [7, 11) is -6.57. The Balaban J connectivity index is 1.53. The maximum atomic E-state index is 6.91. The Morgan fingerprint density at radius 3 is 1.59 bits per heavy atom. The molecule has 3 aromatic carbocycles. The number of hydrogen-bond acceptors (Lipinski definition) is 3. The number of benzene rings is 3. The predicted octanol–water partition coefficient (Wildman–Crippen LogP) is 12.4. The van der Waals surface area contributed by atoms with Crippen molar-refractivity contribution in [1.29, 1.82) is 0 Å². The third kappa shape index (κ3) is 11.6. The minimum atomic E-state index is -2.53. The molecular formula is C45H68O3Si3. The lowest BCUT2D eigenvalue weighted by Crippen LogP contribution is -2.66. The van der Waals surface area contributed by atoms with E-state index in [9.17, 15) is 0 Å². The fraction of sp³-hybridized carbons (Fsp3) is 0.511. The molecule has 0 fully saturated rings. The van der Waals surface area contributed by atoms with Crippen molar-refractivity contribution in [3.63, 3.8) is 0 Å². The molecule has 0 radical (unpaired) electrons. The van der Waals surface area contributed by atoms with Crippen molar-refractivity contribution >= 4 is 41.4 Å². The molecule has 0 bridgehead atoms. The van der Waals surface area contributed by atoms with E-state index in [1.165, 1.54) is 35.2 Å². The number of allylic oxidation sites excluding steroid dienone is 1. The van der Waals surface area contributed by atoms with Gasteiger partial charge in [-0.15, -0.1) is 5.92 Å². The van der Waals surface area contributed by atoms with Gasteiger partial charge in [-0.1, -0.05) is 160 Å². The first kappa shape index (κ1) is 42.6. The summed E-state index contributed by atoms with van der Waals surface area (Å²) in [5.74, 6) is 8.56. The second-order valence-electron chi connectivity index (χ2n) is 18.1. The van der Waals surface area contributed by atoms with Gasteiger partial charge in [-0.05, 0) is 88.6 Å². The van der Waals surface area contributed by atoms with Crippen LogP contribution in [0.15, 0.2) is 84.9 Å². The van der Waals surface area contributed by atoms with E-state index in [4.69, 9.17) is 13.3 Å². The Morgan fingerprint density at radius 2 is 1.08 bits per heavy atom. The van der Waals surface area contributed by atoms with Gasteiger partial charge in [0.2, 0.25) is 0 Å². The van der Waals surface area contributed by atoms with Gasteiger partial charge in [0.15, 0.2) is 0 Å². The van der Waals surface area contributed by atoms with Gasteiger partial charge in [0.25, 0.3) is 25.0 Å². The molecule has 0 spiro atoms. The average molecular weight is 741 g/mol. The standard InChI is InChI=1S/C45H68O3Si3/c1-43(2,3)49(10,11)47-41-35-34-38(37-42(41)48-50(12,13)44(4,5)6)29-23-19-17-15-14-16-18-20-28-36-46-51(45(7,8)9,39-30-24-21-25-31-39)40-32-26-22-27-33-40/h21-27,29-35,37H,14-19,36H2,1-13H3/b29-23-. The summed E-state index contributed by atoms with van der Waals surface area (Å²) in [4.78, 5) is 0. The molecule has 3 rings (SSSR count). The predicted molar refractivity (Wildman–Crippen MR) is 230 cm³/mol. The van der Waals surface area contributed by atoms with Crippen LogP contribution in [0.25, 0.3) is 6.08 Å². The van der Waals surface area contributed by atoms with Crippen LogP contribution in [0.2, 0.25) is 41.3 Å². The van der Waals surface area contributed by atoms with Crippen molar-refractivity contribution < 1.29 is 13.3 Å². The molecule has 0 aliphatic heterocycles. The summed E-state index contributed by atoms with van der Waals surface area (Å²) in [5.41, 5.74) is 1.17. The largest absolute Gasteiger partial charge is 0.541 e. The summed E-state index contributed by atoms with van der Waals surface area (Å²) in [6.07, 6.45) is 11.2. The highest BCUT2D eigenvalue weighted by molar-refractivity contribution is 6.99. The second-order valence-corrected chi connectivity index (χ2v) is 31.8. The molecule has 0 aromatic heterocycles. The van der Waals surface area contributed by atoms with Crippen molar-refractivity contribution in [2.45, 2.75) is 142 Å². The monoisotopic (exact) mass is 740 g/mol. The quantitative estimate of drug-likeness (QED) is 0.0882. The van der Waals surface area contributed by atoms with Gasteiger partial charge in [0.05, 0.1) is 6.61 Å². The van der Waals surface area contributed by atoms with E-state index >= 15 is 0 Å². The molecule has 0 unspecified atom stereocenters. The molecule has 0 atom stereocenters. The minimum absolute atomic E-state index is 0.0326. The minimum Gasteiger partial charge on any atom is -0.541 e. The Kier molecular flexibility index (Phi) is 14.9. The van der Waals surface area contributed by atoms with E-state index in [1.54, 1.807) is 0 Å². The van der Waals surface area contributed by atoms with E-state index in [0.29, 0.717) is 6.61 Å². The number of rotatable bonds is 15. The van der Waals surface area contributed by atoms with E-state index in [0.717, 1.165) is 30.8 Å². The lowest BCUT2D eigenvalue weighted by molar-refractivity contribution is 0.346. The third-order valence-corrected chi connectivity index (χ3v) is 24.6. The van der Waals surface area contributed by atoms with E-state index in [2.05, 4.69) is 191 Å². The Bertz CT molecular complexity index is 1560. The zero-order valence-corrected chi connectivity index (χ0v) is 37.3. The van der Waals surface area contributed by atoms with Crippen LogP contribution >= 0.6 is 0 Å². The average Bonchev–Trinajstić information content (AvgIpc) is 3.03. The maximum absolute atomic E-state index is 6.91. The smallest absolute Gasteiger partial charge is 0.262 e. The molecule has 0 heterocycles. The fourth-order valence-corrected chi connectivity index (χ4v) is 12.2.